The second kappa shape index (κ2) is 7.65. The third-order valence-corrected chi connectivity index (χ3v) is 6.66. The van der Waals surface area contributed by atoms with Gasteiger partial charge in [-0.15, -0.1) is 0 Å². The average Bonchev–Trinajstić information content (AvgIpc) is 2.54. The lowest BCUT2D eigenvalue weighted by atomic mass is 9.49. The highest BCUT2D eigenvalue weighted by Crippen LogP contribution is 2.60. The molecule has 5 nitrogen and oxygen atoms in total. The van der Waals surface area contributed by atoms with Gasteiger partial charge in [-0.2, -0.15) is 0 Å². The van der Waals surface area contributed by atoms with Crippen molar-refractivity contribution in [3.05, 3.63) is 0 Å². The van der Waals surface area contributed by atoms with E-state index >= 15 is 0 Å². The molecule has 0 radical (unpaired) electrons. The Morgan fingerprint density at radius 1 is 1.00 bits per heavy atom. The maximum Gasteiger partial charge on any atom is 0.242 e. The summed E-state index contributed by atoms with van der Waals surface area (Å²) in [5.41, 5.74) is -0.186. The Hall–Kier alpha value is -1.10. The molecule has 4 fully saturated rings. The molecule has 25 heavy (non-hydrogen) atoms. The molecule has 0 aromatic rings. The Labute approximate surface area is 152 Å². The van der Waals surface area contributed by atoms with Crippen LogP contribution in [0.15, 0.2) is 0 Å². The number of hydrogen-bond donors (Lipinski definition) is 3. The Morgan fingerprint density at radius 2 is 1.56 bits per heavy atom. The van der Waals surface area contributed by atoms with E-state index in [1.54, 1.807) is 0 Å². The highest BCUT2D eigenvalue weighted by Gasteiger charge is 2.55. The lowest BCUT2D eigenvalue weighted by Crippen LogP contribution is -2.58. The van der Waals surface area contributed by atoms with Crippen LogP contribution in [0.5, 0.6) is 0 Å². The van der Waals surface area contributed by atoms with Crippen LogP contribution in [0.2, 0.25) is 0 Å². The van der Waals surface area contributed by atoms with E-state index in [0.29, 0.717) is 6.54 Å². The molecule has 0 saturated heterocycles. The maximum atomic E-state index is 13.2. The van der Waals surface area contributed by atoms with Crippen LogP contribution in [0.4, 0.5) is 0 Å². The zero-order valence-corrected chi connectivity index (χ0v) is 16.1. The smallest absolute Gasteiger partial charge is 0.242 e. The minimum absolute atomic E-state index is 0.0378. The van der Waals surface area contributed by atoms with Crippen LogP contribution in [0.3, 0.4) is 0 Å². The van der Waals surface area contributed by atoms with E-state index in [1.807, 2.05) is 20.9 Å². The van der Waals surface area contributed by atoms with Crippen molar-refractivity contribution >= 4 is 11.8 Å². The predicted octanol–water partition coefficient (Wildman–Crippen LogP) is 2.07. The Morgan fingerprint density at radius 3 is 2.04 bits per heavy atom. The molecule has 5 heteroatoms. The highest BCUT2D eigenvalue weighted by atomic mass is 16.2. The quantitative estimate of drug-likeness (QED) is 0.588. The summed E-state index contributed by atoms with van der Waals surface area (Å²) >= 11 is 0. The largest absolute Gasteiger partial charge is 0.354 e. The average molecular weight is 350 g/mol. The first kappa shape index (κ1) is 18.7. The lowest BCUT2D eigenvalue weighted by molar-refractivity contribution is -0.149. The van der Waals surface area contributed by atoms with Gasteiger partial charge in [-0.3, -0.25) is 9.59 Å². The number of nitrogens with one attached hydrogen (secondary N) is 3. The van der Waals surface area contributed by atoms with E-state index in [4.69, 9.17) is 0 Å². The summed E-state index contributed by atoms with van der Waals surface area (Å²) in [6, 6.07) is -0.421. The third-order valence-electron chi connectivity index (χ3n) is 6.66. The van der Waals surface area contributed by atoms with Gasteiger partial charge in [0.15, 0.2) is 0 Å². The Kier molecular flexibility index (Phi) is 5.71. The Balaban J connectivity index is 1.60. The molecule has 4 bridgehead atoms. The number of rotatable bonds is 8. The summed E-state index contributed by atoms with van der Waals surface area (Å²) < 4.78 is 0. The summed E-state index contributed by atoms with van der Waals surface area (Å²) in [5, 5.41) is 9.21. The summed E-state index contributed by atoms with van der Waals surface area (Å²) in [6.07, 6.45) is 8.00. The van der Waals surface area contributed by atoms with Crippen LogP contribution >= 0.6 is 0 Å². The fourth-order valence-corrected chi connectivity index (χ4v) is 5.80. The van der Waals surface area contributed by atoms with E-state index in [-0.39, 0.29) is 23.1 Å². The molecule has 0 heterocycles. The molecule has 1 atom stereocenters. The molecule has 4 aliphatic carbocycles. The normalized spacial score (nSPS) is 34.2. The fourth-order valence-electron chi connectivity index (χ4n) is 5.80. The minimum atomic E-state index is -0.421. The molecule has 0 aliphatic heterocycles. The second-order valence-electron chi connectivity index (χ2n) is 9.14. The molecule has 1 unspecified atom stereocenters. The van der Waals surface area contributed by atoms with Crippen LogP contribution in [0.25, 0.3) is 0 Å². The SMILES string of the molecule is CNCCCNC(=O)C(NC(=O)C12CC3CC(CC(C3)C1)C2)C(C)C. The number of amides is 2. The fraction of sp³-hybridized carbons (Fsp3) is 0.900. The molecular formula is C20H35N3O2. The minimum Gasteiger partial charge on any atom is -0.354 e. The molecule has 2 amide bonds. The van der Waals surface area contributed by atoms with Gasteiger partial charge in [-0.25, -0.2) is 0 Å². The third kappa shape index (κ3) is 4.02. The van der Waals surface area contributed by atoms with Crippen molar-refractivity contribution in [2.45, 2.75) is 64.8 Å². The van der Waals surface area contributed by atoms with Gasteiger partial charge >= 0.3 is 0 Å². The maximum absolute atomic E-state index is 13.2. The van der Waals surface area contributed by atoms with E-state index in [0.717, 1.165) is 50.0 Å². The summed E-state index contributed by atoms with van der Waals surface area (Å²) in [6.45, 7) is 5.55. The van der Waals surface area contributed by atoms with Gasteiger partial charge in [0.25, 0.3) is 0 Å². The summed E-state index contributed by atoms with van der Waals surface area (Å²) in [7, 11) is 1.91. The highest BCUT2D eigenvalue weighted by molar-refractivity contribution is 5.90. The second-order valence-corrected chi connectivity index (χ2v) is 9.14. The summed E-state index contributed by atoms with van der Waals surface area (Å²) in [5.74, 6) is 2.43. The number of carbonyl (C=O) groups is 2. The van der Waals surface area contributed by atoms with Gasteiger partial charge in [-0.1, -0.05) is 13.8 Å². The first-order valence-corrected chi connectivity index (χ1v) is 10.2. The predicted molar refractivity (Wildman–Crippen MR) is 98.9 cm³/mol. The van der Waals surface area contributed by atoms with Crippen molar-refractivity contribution < 1.29 is 9.59 Å². The zero-order chi connectivity index (χ0) is 18.0. The first-order chi connectivity index (χ1) is 11.9. The Bertz CT molecular complexity index is 468. The van der Waals surface area contributed by atoms with E-state index in [9.17, 15) is 9.59 Å². The van der Waals surface area contributed by atoms with Crippen LogP contribution in [-0.2, 0) is 9.59 Å². The van der Waals surface area contributed by atoms with Crippen molar-refractivity contribution in [2.24, 2.45) is 29.1 Å². The number of carbonyl (C=O) groups excluding carboxylic acids is 2. The molecule has 4 rings (SSSR count). The van der Waals surface area contributed by atoms with Crippen molar-refractivity contribution in [1.82, 2.24) is 16.0 Å². The van der Waals surface area contributed by atoms with Crippen LogP contribution in [-0.4, -0.2) is 38.0 Å². The van der Waals surface area contributed by atoms with Crippen LogP contribution in [0, 0.1) is 29.1 Å². The lowest BCUT2D eigenvalue weighted by Gasteiger charge is -2.55. The summed E-state index contributed by atoms with van der Waals surface area (Å²) in [4.78, 5) is 25.8. The van der Waals surface area contributed by atoms with Crippen molar-refractivity contribution in [1.29, 1.82) is 0 Å². The molecule has 3 N–H and O–H groups in total. The van der Waals surface area contributed by atoms with Crippen molar-refractivity contribution in [3.8, 4) is 0 Å². The van der Waals surface area contributed by atoms with Crippen molar-refractivity contribution in [3.63, 3.8) is 0 Å². The van der Waals surface area contributed by atoms with E-state index in [2.05, 4.69) is 16.0 Å². The molecule has 4 saturated carbocycles. The standard InChI is InChI=1S/C20H35N3O2/c1-13(2)17(18(24)22-6-4-5-21-3)23-19(25)20-10-14-7-15(11-20)9-16(8-14)12-20/h13-17,21H,4-12H2,1-3H3,(H,22,24)(H,23,25). The van der Waals surface area contributed by atoms with Gasteiger partial charge in [-0.05, 0) is 82.2 Å². The van der Waals surface area contributed by atoms with Crippen molar-refractivity contribution in [2.75, 3.05) is 20.1 Å². The topological polar surface area (TPSA) is 70.2 Å². The molecule has 142 valence electrons. The van der Waals surface area contributed by atoms with Gasteiger partial charge in [0.1, 0.15) is 6.04 Å². The first-order valence-electron chi connectivity index (χ1n) is 10.2. The van der Waals surface area contributed by atoms with Gasteiger partial charge in [0, 0.05) is 12.0 Å². The molecule has 4 aliphatic rings. The van der Waals surface area contributed by atoms with Gasteiger partial charge in [0.2, 0.25) is 11.8 Å². The van der Waals surface area contributed by atoms with E-state index < -0.39 is 6.04 Å². The van der Waals surface area contributed by atoms with Gasteiger partial charge < -0.3 is 16.0 Å². The number of hydrogen-bond acceptors (Lipinski definition) is 3. The van der Waals surface area contributed by atoms with E-state index in [1.165, 1.54) is 19.3 Å². The van der Waals surface area contributed by atoms with Crippen LogP contribution in [0.1, 0.15) is 58.8 Å². The molecular weight excluding hydrogens is 314 g/mol. The molecule has 0 aromatic heterocycles. The zero-order valence-electron chi connectivity index (χ0n) is 16.1. The van der Waals surface area contributed by atoms with Crippen LogP contribution < -0.4 is 16.0 Å². The monoisotopic (exact) mass is 349 g/mol. The molecule has 0 aromatic carbocycles. The molecule has 0 spiro atoms. The van der Waals surface area contributed by atoms with Gasteiger partial charge in [0.05, 0.1) is 0 Å².